The van der Waals surface area contributed by atoms with E-state index in [4.69, 9.17) is 4.74 Å². The van der Waals surface area contributed by atoms with E-state index in [-0.39, 0.29) is 5.97 Å². The summed E-state index contributed by atoms with van der Waals surface area (Å²) in [6.45, 7) is 13.3. The molecule has 9 atom stereocenters. The number of ether oxygens (including phenoxy) is 1. The van der Waals surface area contributed by atoms with Gasteiger partial charge in [-0.05, 0) is 116 Å². The van der Waals surface area contributed by atoms with Crippen LogP contribution in [0.5, 0.6) is 0 Å². The highest BCUT2D eigenvalue weighted by molar-refractivity contribution is 5.69. The lowest BCUT2D eigenvalue weighted by Crippen LogP contribution is -2.53. The molecule has 0 aromatic carbocycles. The van der Waals surface area contributed by atoms with Gasteiger partial charge in [-0.2, -0.15) is 0 Å². The predicted molar refractivity (Wildman–Crippen MR) is 193 cm³/mol. The van der Waals surface area contributed by atoms with Crippen LogP contribution in [0.2, 0.25) is 0 Å². The Bertz CT molecular complexity index is 836. The summed E-state index contributed by atoms with van der Waals surface area (Å²) in [6.07, 6.45) is 37.1. The highest BCUT2D eigenvalue weighted by Gasteiger charge is 2.60. The third-order valence-electron chi connectivity index (χ3n) is 14.7. The Morgan fingerprint density at radius 3 is 2.00 bits per heavy atom. The van der Waals surface area contributed by atoms with E-state index in [2.05, 4.69) is 34.6 Å². The van der Waals surface area contributed by atoms with Gasteiger partial charge in [-0.15, -0.1) is 0 Å². The lowest BCUT2D eigenvalue weighted by Gasteiger charge is -2.61. The van der Waals surface area contributed by atoms with Crippen LogP contribution in [-0.4, -0.2) is 12.6 Å². The molecule has 2 heteroatoms. The summed E-state index contributed by atoms with van der Waals surface area (Å²) in [4.78, 5) is 12.3. The summed E-state index contributed by atoms with van der Waals surface area (Å²) in [5.41, 5.74) is 1.26. The average molecular weight is 627 g/mol. The van der Waals surface area contributed by atoms with Crippen molar-refractivity contribution in [1.29, 1.82) is 0 Å². The normalized spacial score (nSPS) is 34.0. The number of unbranched alkanes of at least 4 members (excludes halogenated alkanes) is 12. The summed E-state index contributed by atoms with van der Waals surface area (Å²) in [5.74, 6) is 6.37. The smallest absolute Gasteiger partial charge is 0.305 e. The average Bonchev–Trinajstić information content (AvgIpc) is 3.39. The van der Waals surface area contributed by atoms with E-state index in [0.717, 1.165) is 41.9 Å². The van der Waals surface area contributed by atoms with Crippen molar-refractivity contribution in [2.75, 3.05) is 6.61 Å². The molecule has 4 rings (SSSR count). The maximum atomic E-state index is 12.3. The lowest BCUT2D eigenvalue weighted by atomic mass is 9.44. The number of esters is 1. The summed E-state index contributed by atoms with van der Waals surface area (Å²) in [6, 6.07) is 0. The molecular weight excluding hydrogens is 548 g/mol. The molecular formula is C43H78O2. The Morgan fingerprint density at radius 2 is 1.31 bits per heavy atom. The first kappa shape index (κ1) is 37.3. The van der Waals surface area contributed by atoms with Crippen LogP contribution in [0.3, 0.4) is 0 Å². The molecule has 0 saturated heterocycles. The van der Waals surface area contributed by atoms with E-state index < -0.39 is 0 Å². The van der Waals surface area contributed by atoms with Crippen molar-refractivity contribution in [3.05, 3.63) is 0 Å². The predicted octanol–water partition coefficient (Wildman–Crippen LogP) is 13.5. The maximum Gasteiger partial charge on any atom is 0.305 e. The lowest BCUT2D eigenvalue weighted by molar-refractivity contribution is -0.145. The fourth-order valence-corrected chi connectivity index (χ4v) is 11.9. The van der Waals surface area contributed by atoms with Gasteiger partial charge < -0.3 is 4.74 Å². The topological polar surface area (TPSA) is 26.3 Å². The van der Waals surface area contributed by atoms with Gasteiger partial charge in [-0.1, -0.05) is 137 Å². The second-order valence-electron chi connectivity index (χ2n) is 17.8. The maximum absolute atomic E-state index is 12.3. The quantitative estimate of drug-likeness (QED) is 0.0936. The molecule has 0 amide bonds. The molecule has 0 radical (unpaired) electrons. The number of rotatable bonds is 21. The van der Waals surface area contributed by atoms with E-state index in [1.807, 2.05) is 0 Å². The van der Waals surface area contributed by atoms with Gasteiger partial charge in [0, 0.05) is 6.42 Å². The highest BCUT2D eigenvalue weighted by atomic mass is 16.5. The Labute approximate surface area is 281 Å². The molecule has 4 aliphatic carbocycles. The van der Waals surface area contributed by atoms with Crippen LogP contribution in [0.25, 0.3) is 0 Å². The molecule has 2 unspecified atom stereocenters. The third kappa shape index (κ3) is 10.2. The van der Waals surface area contributed by atoms with E-state index in [9.17, 15) is 4.79 Å². The zero-order valence-electron chi connectivity index (χ0n) is 31.2. The number of hydrogen-bond acceptors (Lipinski definition) is 2. The molecule has 4 fully saturated rings. The monoisotopic (exact) mass is 627 g/mol. The first-order valence-electron chi connectivity index (χ1n) is 20.9. The zero-order chi connectivity index (χ0) is 32.1. The molecule has 45 heavy (non-hydrogen) atoms. The molecule has 0 spiro atoms. The van der Waals surface area contributed by atoms with Gasteiger partial charge >= 0.3 is 5.97 Å². The SMILES string of the molecule is CCCCCCCCCCCCCCCC(=O)OCC(C)CCC[C@@H](C)[C@H]1CC[C@H]2[C@@H]3CCC4CCCC[C@]4(C)[C@H]3CC[C@]12C. The Hall–Kier alpha value is -0.530. The minimum atomic E-state index is 0.0370. The van der Waals surface area contributed by atoms with Crippen LogP contribution in [0.4, 0.5) is 0 Å². The molecule has 0 heterocycles. The van der Waals surface area contributed by atoms with Crippen LogP contribution in [0, 0.1) is 52.3 Å². The number of carbonyl (C=O) groups is 1. The van der Waals surface area contributed by atoms with Gasteiger partial charge in [0.2, 0.25) is 0 Å². The van der Waals surface area contributed by atoms with E-state index in [1.54, 1.807) is 6.42 Å². The van der Waals surface area contributed by atoms with Gasteiger partial charge in [0.05, 0.1) is 6.61 Å². The summed E-state index contributed by atoms with van der Waals surface area (Å²) in [5, 5.41) is 0. The summed E-state index contributed by atoms with van der Waals surface area (Å²) in [7, 11) is 0. The van der Waals surface area contributed by atoms with Crippen LogP contribution >= 0.6 is 0 Å². The van der Waals surface area contributed by atoms with E-state index in [0.29, 0.717) is 29.8 Å². The van der Waals surface area contributed by atoms with Crippen LogP contribution in [0.1, 0.15) is 208 Å². The third-order valence-corrected chi connectivity index (χ3v) is 14.7. The summed E-state index contributed by atoms with van der Waals surface area (Å²) < 4.78 is 5.71. The van der Waals surface area contributed by atoms with E-state index in [1.165, 1.54) is 154 Å². The zero-order valence-corrected chi connectivity index (χ0v) is 31.2. The van der Waals surface area contributed by atoms with Crippen molar-refractivity contribution in [3.8, 4) is 0 Å². The molecule has 2 nitrogen and oxygen atoms in total. The molecule has 4 saturated carbocycles. The van der Waals surface area contributed by atoms with Gasteiger partial charge in [0.25, 0.3) is 0 Å². The first-order chi connectivity index (χ1) is 21.8. The van der Waals surface area contributed by atoms with Crippen molar-refractivity contribution < 1.29 is 9.53 Å². The van der Waals surface area contributed by atoms with Gasteiger partial charge in [0.1, 0.15) is 0 Å². The fourth-order valence-electron chi connectivity index (χ4n) is 11.9. The Balaban J connectivity index is 1.03. The number of carbonyl (C=O) groups excluding carboxylic acids is 1. The van der Waals surface area contributed by atoms with Crippen LogP contribution in [-0.2, 0) is 9.53 Å². The number of hydrogen-bond donors (Lipinski definition) is 0. The van der Waals surface area contributed by atoms with Crippen LogP contribution < -0.4 is 0 Å². The molecule has 0 aliphatic heterocycles. The summed E-state index contributed by atoms with van der Waals surface area (Å²) >= 11 is 0. The standard InChI is InChI=1S/C43H78O2/c1-6-7-8-9-10-11-12-13-14-15-16-17-18-25-41(44)45-33-34(2)22-21-23-35(3)38-28-29-39-37-27-26-36-24-19-20-31-42(36,4)40(37)30-32-43(38,39)5/h34-40H,6-33H2,1-5H3/t34?,35-,36?,37+,38-,39+,40+,42+,43-/m1/s1. The minimum Gasteiger partial charge on any atom is -0.465 e. The van der Waals surface area contributed by atoms with Crippen molar-refractivity contribution in [3.63, 3.8) is 0 Å². The first-order valence-corrected chi connectivity index (χ1v) is 20.9. The van der Waals surface area contributed by atoms with Crippen molar-refractivity contribution >= 4 is 5.97 Å². The molecule has 0 aromatic rings. The second-order valence-corrected chi connectivity index (χ2v) is 17.8. The number of fused-ring (bicyclic) bond motifs is 5. The van der Waals surface area contributed by atoms with Gasteiger partial charge in [0.15, 0.2) is 0 Å². The molecule has 262 valence electrons. The largest absolute Gasteiger partial charge is 0.465 e. The molecule has 4 aliphatic rings. The Morgan fingerprint density at radius 1 is 0.667 bits per heavy atom. The van der Waals surface area contributed by atoms with Crippen molar-refractivity contribution in [2.24, 2.45) is 52.3 Å². The van der Waals surface area contributed by atoms with Crippen LogP contribution in [0.15, 0.2) is 0 Å². The second kappa shape index (κ2) is 18.9. The van der Waals surface area contributed by atoms with Crippen molar-refractivity contribution in [1.82, 2.24) is 0 Å². The van der Waals surface area contributed by atoms with Crippen molar-refractivity contribution in [2.45, 2.75) is 208 Å². The van der Waals surface area contributed by atoms with Gasteiger partial charge in [-0.3, -0.25) is 4.79 Å². The van der Waals surface area contributed by atoms with Gasteiger partial charge in [-0.25, -0.2) is 0 Å². The fraction of sp³-hybridized carbons (Fsp3) is 0.977. The molecule has 0 aromatic heterocycles. The molecule has 0 bridgehead atoms. The minimum absolute atomic E-state index is 0.0370. The highest BCUT2D eigenvalue weighted by Crippen LogP contribution is 2.68. The Kier molecular flexibility index (Phi) is 15.6. The van der Waals surface area contributed by atoms with E-state index >= 15 is 0 Å². The molecule has 0 N–H and O–H groups in total.